The molecule has 99 heavy (non-hydrogen) atoms. The van der Waals surface area contributed by atoms with Crippen molar-refractivity contribution in [2.75, 3.05) is 139 Å². The monoisotopic (exact) mass is 1420 g/mol. The van der Waals surface area contributed by atoms with Gasteiger partial charge < -0.3 is 89.3 Å². The lowest BCUT2D eigenvalue weighted by molar-refractivity contribution is -0.119. The smallest absolute Gasteiger partial charge is 0.217 e. The molecule has 582 valence electrons. The number of nitrogens with zero attached hydrogens (tertiary/aromatic N) is 6. The highest BCUT2D eigenvalue weighted by molar-refractivity contribution is 5.78. The fourth-order valence-corrected chi connectivity index (χ4v) is 5.46. The van der Waals surface area contributed by atoms with Crippen LogP contribution in [0.1, 0.15) is 202 Å². The average molecular weight is 1420 g/mol. The van der Waals surface area contributed by atoms with E-state index in [2.05, 4.69) is 146 Å². The molecule has 0 fully saturated rings. The van der Waals surface area contributed by atoms with E-state index in [1.54, 1.807) is 18.6 Å². The van der Waals surface area contributed by atoms with Crippen LogP contribution in [0.5, 0.6) is 0 Å². The van der Waals surface area contributed by atoms with Crippen molar-refractivity contribution in [1.82, 2.24) is 31.9 Å². The Balaban J connectivity index is -0.000000263. The molecular formula is C69H138N12O18. The normalized spacial score (nSPS) is 12.7. The molecule has 0 spiro atoms. The predicted molar refractivity (Wildman–Crippen MR) is 394 cm³/mol. The van der Waals surface area contributed by atoms with Gasteiger partial charge in [-0.25, -0.2) is 0 Å². The van der Waals surface area contributed by atoms with Gasteiger partial charge >= 0.3 is 0 Å². The maximum Gasteiger partial charge on any atom is 0.217 e. The summed E-state index contributed by atoms with van der Waals surface area (Å²) in [6, 6.07) is 0. The van der Waals surface area contributed by atoms with Crippen LogP contribution in [0, 0.1) is 35.5 Å². The maximum absolute atomic E-state index is 10.5. The van der Waals surface area contributed by atoms with E-state index in [0.717, 1.165) is 117 Å². The highest BCUT2D eigenvalue weighted by Gasteiger charge is 2.03. The van der Waals surface area contributed by atoms with Crippen LogP contribution in [0.2, 0.25) is 0 Å². The lowest BCUT2D eigenvalue weighted by Crippen LogP contribution is -2.21. The molecule has 6 atom stereocenters. The zero-order chi connectivity index (χ0) is 75.5. The van der Waals surface area contributed by atoms with E-state index >= 15 is 0 Å². The Bertz CT molecular complexity index is 1770. The quantitative estimate of drug-likeness (QED) is 0.0143. The van der Waals surface area contributed by atoms with Crippen molar-refractivity contribution in [3.63, 3.8) is 0 Å². The molecule has 0 heterocycles. The number of amides is 6. The van der Waals surface area contributed by atoms with Crippen LogP contribution in [0.3, 0.4) is 0 Å². The number of carbonyl (C=O) groups excluding carboxylic acids is 6. The van der Waals surface area contributed by atoms with Crippen LogP contribution in [0.25, 0.3) is 0 Å². The van der Waals surface area contributed by atoms with Gasteiger partial charge in [-0.3, -0.25) is 28.8 Å². The van der Waals surface area contributed by atoms with Crippen molar-refractivity contribution in [2.45, 2.75) is 202 Å². The Labute approximate surface area is 595 Å². The molecule has 0 aliphatic heterocycles. The molecule has 0 saturated heterocycles. The second kappa shape index (κ2) is 87.5. The van der Waals surface area contributed by atoms with Gasteiger partial charge in [0, 0.05) is 81.2 Å². The minimum atomic E-state index is -0.0885. The van der Waals surface area contributed by atoms with Crippen molar-refractivity contribution >= 4 is 72.7 Å². The number of nitrogens with one attached hydrogen (secondary N) is 6. The van der Waals surface area contributed by atoms with Crippen molar-refractivity contribution in [3.05, 3.63) is 0 Å². The van der Waals surface area contributed by atoms with Crippen molar-refractivity contribution in [2.24, 2.45) is 66.4 Å². The minimum absolute atomic E-state index is 0.0695. The van der Waals surface area contributed by atoms with Crippen LogP contribution in [-0.4, -0.2) is 212 Å². The third kappa shape index (κ3) is 113. The Morgan fingerprint density at radius 3 is 0.596 bits per heavy atom. The molecule has 30 heteroatoms. The summed E-state index contributed by atoms with van der Waals surface area (Å²) >= 11 is 0. The largest absolute Gasteiger partial charge is 0.396 e. The Morgan fingerprint density at radius 1 is 0.263 bits per heavy atom. The number of ether oxygens (including phenoxy) is 6. The molecule has 6 N–H and O–H groups in total. The van der Waals surface area contributed by atoms with Gasteiger partial charge in [0.15, 0.2) is 0 Å². The van der Waals surface area contributed by atoms with Crippen LogP contribution >= 0.6 is 0 Å². The average Bonchev–Trinajstić information content (AvgIpc) is 3.71. The molecular weight excluding hydrogens is 1280 g/mol. The fraction of sp³-hybridized carbons (Fsp3) is 0.826. The minimum Gasteiger partial charge on any atom is -0.396 e. The summed E-state index contributed by atoms with van der Waals surface area (Å²) < 4.78 is 32.1. The molecule has 0 aliphatic carbocycles. The fourth-order valence-electron chi connectivity index (χ4n) is 5.46. The number of oxime groups is 6. The SMILES string of the molecule is CCC(C)COCCCCON=CCNC(C)=O.CCC(C)COCCCCON=CCNC(C)=O.CCC(C)COCCCCON=CCNC(C)=O.CCC(C)COCON=CCNC(C)=O.CCC(C)COCON=CCNC(C)=O.CCC(C)COCON=CCNC(C)=O. The van der Waals surface area contributed by atoms with E-state index < -0.39 is 0 Å². The predicted octanol–water partition coefficient (Wildman–Crippen LogP) is 9.34. The van der Waals surface area contributed by atoms with Crippen LogP contribution in [0.4, 0.5) is 0 Å². The maximum atomic E-state index is 10.5. The summed E-state index contributed by atoms with van der Waals surface area (Å²) in [5.41, 5.74) is 0. The Hall–Kier alpha value is -6.60. The van der Waals surface area contributed by atoms with Crippen LogP contribution in [-0.2, 0) is 86.2 Å². The van der Waals surface area contributed by atoms with Crippen molar-refractivity contribution in [1.29, 1.82) is 0 Å². The van der Waals surface area contributed by atoms with Gasteiger partial charge in [0.2, 0.25) is 55.8 Å². The zero-order valence-electron chi connectivity index (χ0n) is 64.3. The summed E-state index contributed by atoms with van der Waals surface area (Å²) in [7, 11) is 0. The summed E-state index contributed by atoms with van der Waals surface area (Å²) in [6.45, 7) is 46.0. The first kappa shape index (κ1) is 103. The number of carbonyl (C=O) groups is 6. The Morgan fingerprint density at radius 2 is 0.424 bits per heavy atom. The van der Waals surface area contributed by atoms with Crippen molar-refractivity contribution < 1.29 is 86.2 Å². The molecule has 0 aromatic carbocycles. The molecule has 0 bridgehead atoms. The lowest BCUT2D eigenvalue weighted by Gasteiger charge is -2.08. The highest BCUT2D eigenvalue weighted by Crippen LogP contribution is 2.05. The third-order valence-electron chi connectivity index (χ3n) is 12.9. The van der Waals surface area contributed by atoms with Crippen LogP contribution in [0.15, 0.2) is 30.9 Å². The van der Waals surface area contributed by atoms with E-state index in [-0.39, 0.29) is 55.8 Å². The number of unbranched alkanes of at least 4 members (excludes halogenated alkanes) is 3. The van der Waals surface area contributed by atoms with E-state index in [1.807, 2.05) is 0 Å². The first-order valence-electron chi connectivity index (χ1n) is 35.2. The summed E-state index contributed by atoms with van der Waals surface area (Å²) in [5.74, 6) is 3.06. The number of rotatable bonds is 57. The van der Waals surface area contributed by atoms with E-state index in [4.69, 9.17) is 57.4 Å². The first-order valence-corrected chi connectivity index (χ1v) is 35.2. The molecule has 6 unspecified atom stereocenters. The van der Waals surface area contributed by atoms with E-state index in [0.29, 0.717) is 114 Å². The number of hydrogen-bond acceptors (Lipinski definition) is 24. The van der Waals surface area contributed by atoms with Gasteiger partial charge in [-0.1, -0.05) is 153 Å². The second-order valence-electron chi connectivity index (χ2n) is 23.1. The standard InChI is InChI=1S/3C13H26N2O3.3C10H20N2O3/c3*1-4-12(2)11-17-9-5-6-10-18-15-8-7-14-13(3)16;3*1-4-9(2)7-14-8-15-12-6-5-11-10(3)13/h3*8,12H,4-7,9-11H2,1-3H3,(H,14,16);3*6,9H,4-5,7-8H2,1-3H3,(H,11,13). The second-order valence-corrected chi connectivity index (χ2v) is 23.1. The van der Waals surface area contributed by atoms with E-state index in [1.165, 1.54) is 60.2 Å². The van der Waals surface area contributed by atoms with Gasteiger partial charge in [-0.15, -0.1) is 0 Å². The van der Waals surface area contributed by atoms with Gasteiger partial charge in [0.05, 0.1) is 96.4 Å². The molecule has 0 rings (SSSR count). The van der Waals surface area contributed by atoms with Crippen LogP contribution < -0.4 is 31.9 Å². The number of hydrogen-bond donors (Lipinski definition) is 6. The topological polar surface area (TPSA) is 360 Å². The first-order chi connectivity index (χ1) is 47.5. The summed E-state index contributed by atoms with van der Waals surface area (Å²) in [5, 5.41) is 37.4. The van der Waals surface area contributed by atoms with E-state index in [9.17, 15) is 28.8 Å². The molecule has 30 nitrogen and oxygen atoms in total. The Kier molecular flexibility index (Phi) is 91.4. The molecule has 0 aromatic heterocycles. The van der Waals surface area contributed by atoms with Gasteiger partial charge in [0.1, 0.15) is 19.8 Å². The van der Waals surface area contributed by atoms with Crippen molar-refractivity contribution in [3.8, 4) is 0 Å². The lowest BCUT2D eigenvalue weighted by atomic mass is 10.1. The van der Waals surface area contributed by atoms with Gasteiger partial charge in [-0.05, 0) is 74.0 Å². The summed E-state index contributed by atoms with van der Waals surface area (Å²) in [4.78, 5) is 92.4. The van der Waals surface area contributed by atoms with Gasteiger partial charge in [-0.2, -0.15) is 0 Å². The zero-order valence-corrected chi connectivity index (χ0v) is 64.3. The molecule has 0 saturated carbocycles. The molecule has 0 radical (unpaired) electrons. The summed E-state index contributed by atoms with van der Waals surface area (Å²) in [6.07, 6.45) is 21.5. The van der Waals surface area contributed by atoms with Gasteiger partial charge in [0.25, 0.3) is 0 Å². The third-order valence-corrected chi connectivity index (χ3v) is 12.9. The highest BCUT2D eigenvalue weighted by atomic mass is 16.8. The molecule has 0 aromatic rings. The molecule has 0 aliphatic rings. The molecule has 6 amide bonds.